The first-order chi connectivity index (χ1) is 19.2. The van der Waals surface area contributed by atoms with Crippen LogP contribution in [0.15, 0.2) is 88.9 Å². The number of hydrogen-bond donors (Lipinski definition) is 2. The molecule has 0 radical (unpaired) electrons. The molecule has 1 aliphatic rings. The average Bonchev–Trinajstić information content (AvgIpc) is 2.97. The van der Waals surface area contributed by atoms with Gasteiger partial charge in [-0.15, -0.1) is 0 Å². The number of carbonyl (C=O) groups excluding carboxylic acids is 1. The van der Waals surface area contributed by atoms with E-state index in [2.05, 4.69) is 26.7 Å². The molecule has 1 aliphatic heterocycles. The van der Waals surface area contributed by atoms with Gasteiger partial charge in [0.25, 0.3) is 15.9 Å². The SMILES string of the molecule is C=Nc1ccc2cc1/C(=C\C)c1cc(ccc1F)CNC(=O)c1cccc(c1)S(=O)(=O)Nc1cc-2cnc1OC. The number of hydrogen-bond acceptors (Lipinski definition) is 6. The Labute approximate surface area is 231 Å². The molecule has 2 N–H and O–H groups in total. The quantitative estimate of drug-likeness (QED) is 0.307. The molecule has 202 valence electrons. The monoisotopic (exact) mass is 556 g/mol. The molecule has 8 nitrogen and oxygen atoms in total. The van der Waals surface area contributed by atoms with E-state index in [9.17, 15) is 13.2 Å². The third-order valence-electron chi connectivity index (χ3n) is 6.55. The smallest absolute Gasteiger partial charge is 0.262 e. The summed E-state index contributed by atoms with van der Waals surface area (Å²) in [5, 5.41) is 2.78. The lowest BCUT2D eigenvalue weighted by Gasteiger charge is -2.17. The van der Waals surface area contributed by atoms with Gasteiger partial charge in [0.2, 0.25) is 5.88 Å². The summed E-state index contributed by atoms with van der Waals surface area (Å²) in [5.41, 5.74) is 4.23. The number of rotatable bonds is 2. The molecule has 1 amide bonds. The van der Waals surface area contributed by atoms with Gasteiger partial charge in [-0.05, 0) is 78.9 Å². The summed E-state index contributed by atoms with van der Waals surface area (Å²) in [4.78, 5) is 21.3. The number of pyridine rings is 1. The predicted octanol–water partition coefficient (Wildman–Crippen LogP) is 5.72. The summed E-state index contributed by atoms with van der Waals surface area (Å²) in [6.45, 7) is 5.56. The maximum absolute atomic E-state index is 15.2. The number of aromatic nitrogens is 1. The molecule has 0 aliphatic carbocycles. The summed E-state index contributed by atoms with van der Waals surface area (Å²) < 4.78 is 49.7. The Morgan fingerprint density at radius 2 is 1.85 bits per heavy atom. The molecular weight excluding hydrogens is 531 g/mol. The molecule has 3 aromatic carbocycles. The first-order valence-electron chi connectivity index (χ1n) is 12.3. The number of amides is 1. The van der Waals surface area contributed by atoms with Crippen molar-refractivity contribution >= 4 is 39.6 Å². The second-order valence-electron chi connectivity index (χ2n) is 9.00. The number of fused-ring (bicyclic) bond motifs is 9. The maximum Gasteiger partial charge on any atom is 0.262 e. The van der Waals surface area contributed by atoms with Crippen molar-refractivity contribution in [1.82, 2.24) is 10.3 Å². The molecule has 0 spiro atoms. The molecule has 0 saturated carbocycles. The van der Waals surface area contributed by atoms with Crippen LogP contribution in [0.3, 0.4) is 0 Å². The highest BCUT2D eigenvalue weighted by Gasteiger charge is 2.21. The molecule has 0 atom stereocenters. The van der Waals surface area contributed by atoms with Gasteiger partial charge in [-0.25, -0.2) is 17.8 Å². The third kappa shape index (κ3) is 5.08. The fourth-order valence-corrected chi connectivity index (χ4v) is 5.65. The Morgan fingerprint density at radius 3 is 2.60 bits per heavy atom. The molecule has 2 heterocycles. The van der Waals surface area contributed by atoms with E-state index < -0.39 is 21.7 Å². The second kappa shape index (κ2) is 10.7. The van der Waals surface area contributed by atoms with E-state index in [1.807, 2.05) is 6.07 Å². The number of halogens is 1. The van der Waals surface area contributed by atoms with Crippen LogP contribution in [0, 0.1) is 5.82 Å². The number of benzene rings is 3. The number of methoxy groups -OCH3 is 1. The molecule has 0 saturated heterocycles. The lowest BCUT2D eigenvalue weighted by atomic mass is 9.92. The summed E-state index contributed by atoms with van der Waals surface area (Å²) in [7, 11) is -2.74. The fraction of sp³-hybridized carbons (Fsp3) is 0.100. The van der Waals surface area contributed by atoms with Gasteiger partial charge in [-0.1, -0.05) is 24.3 Å². The normalized spacial score (nSPS) is 15.3. The van der Waals surface area contributed by atoms with E-state index in [-0.39, 0.29) is 28.6 Å². The number of ether oxygens (including phenoxy) is 1. The van der Waals surface area contributed by atoms with Gasteiger partial charge in [-0.3, -0.25) is 14.5 Å². The summed E-state index contributed by atoms with van der Waals surface area (Å²) >= 11 is 0. The summed E-state index contributed by atoms with van der Waals surface area (Å²) in [5.74, 6) is -0.857. The molecule has 40 heavy (non-hydrogen) atoms. The van der Waals surface area contributed by atoms with Crippen molar-refractivity contribution in [3.8, 4) is 17.0 Å². The highest BCUT2D eigenvalue weighted by Crippen LogP contribution is 2.37. The highest BCUT2D eigenvalue weighted by molar-refractivity contribution is 7.92. The minimum Gasteiger partial charge on any atom is -0.480 e. The molecule has 0 fully saturated rings. The Kier molecular flexibility index (Phi) is 7.19. The number of sulfonamides is 1. The standard InChI is InChI=1S/C30H25FN4O4S/c1-4-23-24-12-18(8-10-26(24)31)16-33-29(36)20-6-5-7-22(13-20)40(37,38)35-28-15-21(17-34-30(28)39-3)19-9-11-27(32-2)25(23)14-19/h4-15,17,35H,2,16H2,1,3H3,(H,33,36)/b23-4-. The van der Waals surface area contributed by atoms with E-state index in [0.29, 0.717) is 39.1 Å². The van der Waals surface area contributed by atoms with E-state index in [4.69, 9.17) is 4.74 Å². The molecule has 5 rings (SSSR count). The number of carbonyl (C=O) groups is 1. The third-order valence-corrected chi connectivity index (χ3v) is 7.91. The van der Waals surface area contributed by atoms with Crippen LogP contribution in [-0.4, -0.2) is 33.1 Å². The number of nitrogens with zero attached hydrogens (tertiary/aromatic N) is 2. The van der Waals surface area contributed by atoms with Gasteiger partial charge in [-0.2, -0.15) is 0 Å². The molecule has 4 aromatic rings. The van der Waals surface area contributed by atoms with Crippen LogP contribution < -0.4 is 14.8 Å². The largest absolute Gasteiger partial charge is 0.480 e. The van der Waals surface area contributed by atoms with Crippen LogP contribution >= 0.6 is 0 Å². The molecule has 8 bridgehead atoms. The lowest BCUT2D eigenvalue weighted by molar-refractivity contribution is 0.0950. The molecular formula is C30H25FN4O4S. The first kappa shape index (κ1) is 26.8. The van der Waals surface area contributed by atoms with Crippen molar-refractivity contribution in [3.05, 3.63) is 107 Å². The van der Waals surface area contributed by atoms with Crippen molar-refractivity contribution in [2.24, 2.45) is 4.99 Å². The topological polar surface area (TPSA) is 110 Å². The van der Waals surface area contributed by atoms with Crippen LogP contribution in [0.2, 0.25) is 0 Å². The Morgan fingerprint density at radius 1 is 1.02 bits per heavy atom. The molecule has 0 unspecified atom stereocenters. The zero-order chi connectivity index (χ0) is 28.4. The Hall–Kier alpha value is -4.83. The van der Waals surface area contributed by atoms with E-state index >= 15 is 4.39 Å². The lowest BCUT2D eigenvalue weighted by Crippen LogP contribution is -2.23. The van der Waals surface area contributed by atoms with Crippen molar-refractivity contribution in [1.29, 1.82) is 0 Å². The van der Waals surface area contributed by atoms with Crippen molar-refractivity contribution in [2.45, 2.75) is 18.4 Å². The van der Waals surface area contributed by atoms with Crippen molar-refractivity contribution < 1.29 is 22.3 Å². The molecule has 1 aromatic heterocycles. The van der Waals surface area contributed by atoms with E-state index in [1.165, 1.54) is 37.4 Å². The maximum atomic E-state index is 15.2. The van der Waals surface area contributed by atoms with Crippen LogP contribution in [0.4, 0.5) is 15.8 Å². The van der Waals surface area contributed by atoms with E-state index in [0.717, 1.165) is 0 Å². The number of nitrogens with one attached hydrogen (secondary N) is 2. The van der Waals surface area contributed by atoms with Crippen LogP contribution in [0.25, 0.3) is 16.7 Å². The van der Waals surface area contributed by atoms with Gasteiger partial charge in [0.15, 0.2) is 0 Å². The van der Waals surface area contributed by atoms with Gasteiger partial charge >= 0.3 is 0 Å². The Bertz CT molecular complexity index is 1800. The summed E-state index contributed by atoms with van der Waals surface area (Å²) in [6.07, 6.45) is 3.33. The zero-order valence-corrected chi connectivity index (χ0v) is 22.5. The van der Waals surface area contributed by atoms with Crippen molar-refractivity contribution in [2.75, 3.05) is 11.8 Å². The second-order valence-corrected chi connectivity index (χ2v) is 10.7. The van der Waals surface area contributed by atoms with Gasteiger partial charge in [0.05, 0.1) is 17.7 Å². The first-order valence-corrected chi connectivity index (χ1v) is 13.7. The van der Waals surface area contributed by atoms with E-state index in [1.54, 1.807) is 49.5 Å². The minimum atomic E-state index is -4.12. The highest BCUT2D eigenvalue weighted by atomic mass is 32.2. The van der Waals surface area contributed by atoms with Crippen LogP contribution in [-0.2, 0) is 16.6 Å². The van der Waals surface area contributed by atoms with Gasteiger partial charge in [0, 0.05) is 35.0 Å². The number of allylic oxidation sites excluding steroid dienone is 1. The number of anilines is 1. The van der Waals surface area contributed by atoms with Crippen molar-refractivity contribution in [3.63, 3.8) is 0 Å². The number of aliphatic imine (C=N–C) groups is 1. The van der Waals surface area contributed by atoms with Crippen LogP contribution in [0.5, 0.6) is 5.88 Å². The average molecular weight is 557 g/mol. The predicted molar refractivity (Wildman–Crippen MR) is 153 cm³/mol. The Balaban J connectivity index is 1.77. The molecule has 10 heteroatoms. The van der Waals surface area contributed by atoms with Gasteiger partial charge < -0.3 is 10.1 Å². The minimum absolute atomic E-state index is 0.0632. The van der Waals surface area contributed by atoms with Crippen LogP contribution in [0.1, 0.15) is 34.0 Å². The summed E-state index contributed by atoms with van der Waals surface area (Å²) in [6, 6.07) is 17.2. The fourth-order valence-electron chi connectivity index (χ4n) is 4.55. The van der Waals surface area contributed by atoms with Gasteiger partial charge in [0.1, 0.15) is 11.5 Å². The zero-order valence-electron chi connectivity index (χ0n) is 21.7.